The van der Waals surface area contributed by atoms with Gasteiger partial charge in [-0.15, -0.1) is 10.2 Å². The first-order valence-corrected chi connectivity index (χ1v) is 13.1. The Labute approximate surface area is 208 Å². The number of aliphatic imine (C=N–C) groups is 1. The molecule has 1 aromatic heterocycles. The third-order valence-corrected chi connectivity index (χ3v) is 7.98. The molecule has 5 rings (SSSR count). The number of halogens is 3. The van der Waals surface area contributed by atoms with E-state index in [-0.39, 0.29) is 0 Å². The maximum Gasteiger partial charge on any atom is 0.159 e. The summed E-state index contributed by atoms with van der Waals surface area (Å²) in [5.41, 5.74) is 3.51. The monoisotopic (exact) mass is 516 g/mol. The normalized spacial score (nSPS) is 12.7. The number of benzene rings is 3. The molecule has 4 nitrogen and oxygen atoms in total. The molecule has 1 aliphatic heterocycles. The number of rotatable bonds is 5. The molecule has 0 saturated carbocycles. The molecule has 32 heavy (non-hydrogen) atoms. The summed E-state index contributed by atoms with van der Waals surface area (Å²) in [4.78, 5) is 5.98. The summed E-state index contributed by atoms with van der Waals surface area (Å²) >= 11 is 18.9. The molecule has 9 heteroatoms. The van der Waals surface area contributed by atoms with Crippen molar-refractivity contribution >= 4 is 62.1 Å². The summed E-state index contributed by atoms with van der Waals surface area (Å²) in [5.74, 6) is 2.30. The Morgan fingerprint density at radius 2 is 1.62 bits per heavy atom. The maximum absolute atomic E-state index is 6.51. The number of hydrogen-bond donors (Lipinski definition) is 0. The van der Waals surface area contributed by atoms with E-state index < -0.39 is 0 Å². The highest BCUT2D eigenvalue weighted by atomic mass is 35.5. The molecular formula is C23H15Cl3N4S2. The molecule has 0 saturated heterocycles. The quantitative estimate of drug-likeness (QED) is 0.257. The van der Waals surface area contributed by atoms with Crippen LogP contribution in [0.5, 0.6) is 0 Å². The lowest BCUT2D eigenvalue weighted by atomic mass is 10.0. The van der Waals surface area contributed by atoms with Gasteiger partial charge in [0, 0.05) is 31.1 Å². The van der Waals surface area contributed by atoms with Gasteiger partial charge in [-0.05, 0) is 48.5 Å². The van der Waals surface area contributed by atoms with Gasteiger partial charge in [-0.1, -0.05) is 74.6 Å². The average Bonchev–Trinajstić information content (AvgIpc) is 3.11. The third kappa shape index (κ3) is 4.43. The molecule has 0 bridgehead atoms. The first-order valence-electron chi connectivity index (χ1n) is 9.68. The molecule has 160 valence electrons. The van der Waals surface area contributed by atoms with Crippen LogP contribution in [0.1, 0.15) is 22.8 Å². The molecule has 2 heterocycles. The van der Waals surface area contributed by atoms with E-state index in [1.54, 1.807) is 21.6 Å². The van der Waals surface area contributed by atoms with E-state index in [2.05, 4.69) is 14.8 Å². The van der Waals surface area contributed by atoms with Gasteiger partial charge in [0.05, 0.1) is 17.2 Å². The fourth-order valence-electron chi connectivity index (χ4n) is 3.48. The van der Waals surface area contributed by atoms with Gasteiger partial charge in [-0.2, -0.15) is 0 Å². The standard InChI is InChI=1S/C23H15Cl3N4S2/c24-14-5-8-16(9-6-14)32-31-13-22-29-28-21-12-27-23(17-3-1-2-4-19(17)26)18-11-15(25)7-10-20(18)30(21)22/h1-11H,12-13H2. The third-order valence-electron chi connectivity index (χ3n) is 4.92. The molecule has 0 atom stereocenters. The van der Waals surface area contributed by atoms with E-state index in [9.17, 15) is 0 Å². The molecule has 0 fully saturated rings. The summed E-state index contributed by atoms with van der Waals surface area (Å²) in [5, 5.41) is 10.9. The van der Waals surface area contributed by atoms with Gasteiger partial charge in [0.1, 0.15) is 12.4 Å². The number of fused-ring (bicyclic) bond motifs is 3. The van der Waals surface area contributed by atoms with Gasteiger partial charge in [0.25, 0.3) is 0 Å². The van der Waals surface area contributed by atoms with Crippen LogP contribution in [0, 0.1) is 0 Å². The zero-order chi connectivity index (χ0) is 22.1. The summed E-state index contributed by atoms with van der Waals surface area (Å²) in [6, 6.07) is 21.3. The van der Waals surface area contributed by atoms with Gasteiger partial charge < -0.3 is 0 Å². The maximum atomic E-state index is 6.51. The highest BCUT2D eigenvalue weighted by Gasteiger charge is 2.24. The van der Waals surface area contributed by atoms with Crippen molar-refractivity contribution in [1.29, 1.82) is 0 Å². The number of hydrogen-bond acceptors (Lipinski definition) is 5. The molecule has 0 N–H and O–H groups in total. The fourth-order valence-corrected chi connectivity index (χ4v) is 5.97. The van der Waals surface area contributed by atoms with E-state index >= 15 is 0 Å². The molecule has 3 aromatic carbocycles. The van der Waals surface area contributed by atoms with Crippen LogP contribution in [0.2, 0.25) is 15.1 Å². The molecule has 0 amide bonds. The predicted molar refractivity (Wildman–Crippen MR) is 136 cm³/mol. The van der Waals surface area contributed by atoms with E-state index in [0.717, 1.165) is 44.1 Å². The minimum absolute atomic E-state index is 0.398. The average molecular weight is 518 g/mol. The molecule has 4 aromatic rings. The minimum Gasteiger partial charge on any atom is -0.280 e. The van der Waals surface area contributed by atoms with Crippen LogP contribution in [0.4, 0.5) is 0 Å². The summed E-state index contributed by atoms with van der Waals surface area (Å²) in [6.07, 6.45) is 0. The SMILES string of the molecule is Clc1ccc(SSCc2nnc3n2-c2ccc(Cl)cc2C(c2ccccc2Cl)=NC3)cc1. The largest absolute Gasteiger partial charge is 0.280 e. The smallest absolute Gasteiger partial charge is 0.159 e. The second kappa shape index (κ2) is 9.49. The Hall–Kier alpha value is -1.96. The van der Waals surface area contributed by atoms with E-state index in [0.29, 0.717) is 22.3 Å². The van der Waals surface area contributed by atoms with Crippen molar-refractivity contribution in [3.05, 3.63) is 105 Å². The van der Waals surface area contributed by atoms with Gasteiger partial charge in [0.15, 0.2) is 5.82 Å². The fraction of sp³-hybridized carbons (Fsp3) is 0.0870. The van der Waals surface area contributed by atoms with Crippen LogP contribution in [0.3, 0.4) is 0 Å². The summed E-state index contributed by atoms with van der Waals surface area (Å²) < 4.78 is 2.08. The second-order valence-electron chi connectivity index (χ2n) is 6.97. The van der Waals surface area contributed by atoms with Crippen LogP contribution in [0.15, 0.2) is 76.6 Å². The summed E-state index contributed by atoms with van der Waals surface area (Å²) in [6.45, 7) is 0.398. The molecule has 0 spiro atoms. The van der Waals surface area contributed by atoms with Gasteiger partial charge in [-0.3, -0.25) is 9.56 Å². The van der Waals surface area contributed by atoms with Crippen LogP contribution >= 0.6 is 56.4 Å². The van der Waals surface area contributed by atoms with Gasteiger partial charge in [-0.25, -0.2) is 0 Å². The Morgan fingerprint density at radius 1 is 0.844 bits per heavy atom. The second-order valence-corrected chi connectivity index (χ2v) is 10.6. The van der Waals surface area contributed by atoms with Crippen LogP contribution in [-0.2, 0) is 12.3 Å². The van der Waals surface area contributed by atoms with Gasteiger partial charge in [0.2, 0.25) is 0 Å². The van der Waals surface area contributed by atoms with Crippen molar-refractivity contribution in [2.75, 3.05) is 0 Å². The van der Waals surface area contributed by atoms with Crippen molar-refractivity contribution in [3.8, 4) is 5.69 Å². The predicted octanol–water partition coefficient (Wildman–Crippen LogP) is 7.52. The Morgan fingerprint density at radius 3 is 2.44 bits per heavy atom. The van der Waals surface area contributed by atoms with Gasteiger partial charge >= 0.3 is 0 Å². The topological polar surface area (TPSA) is 43.1 Å². The van der Waals surface area contributed by atoms with Crippen LogP contribution < -0.4 is 0 Å². The highest BCUT2D eigenvalue weighted by molar-refractivity contribution is 8.76. The number of aromatic nitrogens is 3. The molecule has 0 aliphatic carbocycles. The lowest BCUT2D eigenvalue weighted by Crippen LogP contribution is -2.09. The van der Waals surface area contributed by atoms with Crippen molar-refractivity contribution in [1.82, 2.24) is 14.8 Å². The lowest BCUT2D eigenvalue weighted by molar-refractivity contribution is 0.859. The van der Waals surface area contributed by atoms with Crippen molar-refractivity contribution in [2.24, 2.45) is 4.99 Å². The highest BCUT2D eigenvalue weighted by Crippen LogP contribution is 2.36. The zero-order valence-electron chi connectivity index (χ0n) is 16.5. The Kier molecular flexibility index (Phi) is 6.49. The molecule has 0 radical (unpaired) electrons. The lowest BCUT2D eigenvalue weighted by Gasteiger charge is -2.14. The molecular weight excluding hydrogens is 503 g/mol. The van der Waals surface area contributed by atoms with Crippen molar-refractivity contribution in [3.63, 3.8) is 0 Å². The van der Waals surface area contributed by atoms with E-state index in [1.165, 1.54) is 0 Å². The number of nitrogens with zero attached hydrogens (tertiary/aromatic N) is 4. The Bertz CT molecular complexity index is 1320. The van der Waals surface area contributed by atoms with E-state index in [1.807, 2.05) is 66.7 Å². The minimum atomic E-state index is 0.398. The van der Waals surface area contributed by atoms with Crippen molar-refractivity contribution < 1.29 is 0 Å². The van der Waals surface area contributed by atoms with Crippen molar-refractivity contribution in [2.45, 2.75) is 17.2 Å². The first-order chi connectivity index (χ1) is 15.6. The molecule has 0 unspecified atom stereocenters. The summed E-state index contributed by atoms with van der Waals surface area (Å²) in [7, 11) is 3.37. The first kappa shape index (κ1) is 21.9. The van der Waals surface area contributed by atoms with E-state index in [4.69, 9.17) is 39.8 Å². The van der Waals surface area contributed by atoms with Crippen LogP contribution in [-0.4, -0.2) is 20.5 Å². The zero-order valence-corrected chi connectivity index (χ0v) is 20.4. The Balaban J connectivity index is 1.50. The molecule has 1 aliphatic rings. The van der Waals surface area contributed by atoms with Crippen LogP contribution in [0.25, 0.3) is 5.69 Å².